The first-order chi connectivity index (χ1) is 17.0. The first-order valence-corrected chi connectivity index (χ1v) is 13.9. The van der Waals surface area contributed by atoms with Crippen molar-refractivity contribution in [2.45, 2.75) is 43.0 Å². The number of piperidine rings is 1. The number of nitrogens with one attached hydrogen (secondary N) is 1. The van der Waals surface area contributed by atoms with Gasteiger partial charge in [0, 0.05) is 12.1 Å². The Bertz CT molecular complexity index is 1240. The van der Waals surface area contributed by atoms with E-state index in [4.69, 9.17) is 0 Å². The fraction of sp³-hybridized carbons (Fsp3) is 0.345. The number of benzene rings is 3. The minimum atomic E-state index is -3.88. The molecule has 1 amide bonds. The van der Waals surface area contributed by atoms with Gasteiger partial charge in [0.05, 0.1) is 4.90 Å². The molecule has 2 fully saturated rings. The van der Waals surface area contributed by atoms with Crippen molar-refractivity contribution in [1.29, 1.82) is 0 Å². The van der Waals surface area contributed by atoms with E-state index < -0.39 is 15.9 Å². The van der Waals surface area contributed by atoms with Gasteiger partial charge in [0.15, 0.2) is 0 Å². The molecule has 3 aromatic carbocycles. The van der Waals surface area contributed by atoms with Crippen LogP contribution in [0.1, 0.15) is 53.1 Å². The van der Waals surface area contributed by atoms with E-state index >= 15 is 0 Å². The van der Waals surface area contributed by atoms with Crippen LogP contribution in [0.5, 0.6) is 0 Å². The lowest BCUT2D eigenvalue weighted by Gasteiger charge is -2.32. The predicted octanol–water partition coefficient (Wildman–Crippen LogP) is 5.21. The van der Waals surface area contributed by atoms with Crippen molar-refractivity contribution in [3.05, 3.63) is 102 Å². The van der Waals surface area contributed by atoms with Gasteiger partial charge >= 0.3 is 0 Å². The molecule has 5 nitrogen and oxygen atoms in total. The molecule has 1 heterocycles. The number of carbonyl (C=O) groups is 1. The van der Waals surface area contributed by atoms with Gasteiger partial charge in [-0.2, -0.15) is 0 Å². The molecule has 182 valence electrons. The number of likely N-dealkylation sites (tertiary alicyclic amines) is 1. The molecule has 0 unspecified atom stereocenters. The zero-order chi connectivity index (χ0) is 24.3. The monoisotopic (exact) mass is 488 g/mol. The molecule has 2 atom stereocenters. The SMILES string of the molecule is O=C(NS(=O)(=O)c1ccccc1)c1ccc(CN2CCC(C[C@@H]3C[C@H]3c3ccccc3)CC2)cc1. The summed E-state index contributed by atoms with van der Waals surface area (Å²) in [7, 11) is -3.88. The van der Waals surface area contributed by atoms with Crippen molar-refractivity contribution in [3.8, 4) is 0 Å². The van der Waals surface area contributed by atoms with Crippen LogP contribution in [-0.4, -0.2) is 32.3 Å². The van der Waals surface area contributed by atoms with Gasteiger partial charge < -0.3 is 0 Å². The van der Waals surface area contributed by atoms with Gasteiger partial charge in [-0.25, -0.2) is 13.1 Å². The van der Waals surface area contributed by atoms with Crippen molar-refractivity contribution in [2.75, 3.05) is 13.1 Å². The number of hydrogen-bond acceptors (Lipinski definition) is 4. The standard InChI is InChI=1S/C29H32N2O3S/c32-29(30-35(33,34)27-9-5-2-6-10-27)25-13-11-23(12-14-25)21-31-17-15-22(16-18-31)19-26-20-28(26)24-7-3-1-4-8-24/h1-14,22,26,28H,15-21H2,(H,30,32)/t26-,28+/m1/s1. The maximum Gasteiger partial charge on any atom is 0.264 e. The molecular weight excluding hydrogens is 456 g/mol. The third-order valence-electron chi connectivity index (χ3n) is 7.40. The van der Waals surface area contributed by atoms with Crippen LogP contribution in [0.25, 0.3) is 0 Å². The summed E-state index contributed by atoms with van der Waals surface area (Å²) in [6.45, 7) is 3.06. The third kappa shape index (κ3) is 6.00. The fourth-order valence-electron chi connectivity index (χ4n) is 5.28. The summed E-state index contributed by atoms with van der Waals surface area (Å²) < 4.78 is 26.9. The van der Waals surface area contributed by atoms with Crippen LogP contribution in [0, 0.1) is 11.8 Å². The first-order valence-electron chi connectivity index (χ1n) is 12.5. The third-order valence-corrected chi connectivity index (χ3v) is 8.74. The Morgan fingerprint density at radius 2 is 1.49 bits per heavy atom. The topological polar surface area (TPSA) is 66.5 Å². The summed E-state index contributed by atoms with van der Waals surface area (Å²) in [6.07, 6.45) is 5.19. The van der Waals surface area contributed by atoms with E-state index in [2.05, 4.69) is 40.0 Å². The first kappa shape index (κ1) is 23.8. The van der Waals surface area contributed by atoms with E-state index in [0.717, 1.165) is 43.0 Å². The van der Waals surface area contributed by atoms with Crippen LogP contribution in [0.15, 0.2) is 89.8 Å². The lowest BCUT2D eigenvalue weighted by Crippen LogP contribution is -2.33. The summed E-state index contributed by atoms with van der Waals surface area (Å²) in [5.74, 6) is 1.84. The molecule has 0 radical (unpaired) electrons. The van der Waals surface area contributed by atoms with Crippen molar-refractivity contribution in [3.63, 3.8) is 0 Å². The van der Waals surface area contributed by atoms with Gasteiger partial charge in [-0.1, -0.05) is 60.7 Å². The Morgan fingerprint density at radius 1 is 0.857 bits per heavy atom. The Morgan fingerprint density at radius 3 is 2.14 bits per heavy atom. The Hall–Kier alpha value is -2.96. The number of amides is 1. The molecule has 1 saturated carbocycles. The highest BCUT2D eigenvalue weighted by molar-refractivity contribution is 7.90. The van der Waals surface area contributed by atoms with Gasteiger partial charge in [-0.3, -0.25) is 9.69 Å². The maximum absolute atomic E-state index is 12.5. The molecular formula is C29H32N2O3S. The zero-order valence-electron chi connectivity index (χ0n) is 19.8. The van der Waals surface area contributed by atoms with Crippen LogP contribution in [-0.2, 0) is 16.6 Å². The maximum atomic E-state index is 12.5. The lowest BCUT2D eigenvalue weighted by atomic mass is 9.90. The number of hydrogen-bond donors (Lipinski definition) is 1. The molecule has 0 spiro atoms. The number of sulfonamides is 1. The van der Waals surface area contributed by atoms with E-state index in [1.807, 2.05) is 12.1 Å². The average Bonchev–Trinajstić information content (AvgIpc) is 3.65. The van der Waals surface area contributed by atoms with E-state index in [1.165, 1.54) is 43.4 Å². The highest BCUT2D eigenvalue weighted by Crippen LogP contribution is 2.51. The smallest absolute Gasteiger partial charge is 0.264 e. The Balaban J connectivity index is 1.08. The number of rotatable bonds is 8. The summed E-state index contributed by atoms with van der Waals surface area (Å²) in [4.78, 5) is 15.0. The molecule has 1 saturated heterocycles. The largest absolute Gasteiger partial charge is 0.299 e. The number of carbonyl (C=O) groups excluding carboxylic acids is 1. The zero-order valence-corrected chi connectivity index (χ0v) is 20.7. The van der Waals surface area contributed by atoms with Gasteiger partial charge in [-0.05, 0) is 91.9 Å². The average molecular weight is 489 g/mol. The van der Waals surface area contributed by atoms with Gasteiger partial charge in [0.2, 0.25) is 0 Å². The Kier molecular flexibility index (Phi) is 7.02. The number of nitrogens with zero attached hydrogens (tertiary/aromatic N) is 1. The van der Waals surface area contributed by atoms with E-state index in [0.29, 0.717) is 5.56 Å². The highest BCUT2D eigenvalue weighted by atomic mass is 32.2. The quantitative estimate of drug-likeness (QED) is 0.473. The second-order valence-electron chi connectivity index (χ2n) is 9.91. The minimum absolute atomic E-state index is 0.0747. The van der Waals surface area contributed by atoms with Crippen LogP contribution in [0.3, 0.4) is 0 Å². The normalized spacial score (nSPS) is 20.9. The molecule has 1 aliphatic carbocycles. The summed E-state index contributed by atoms with van der Waals surface area (Å²) in [6, 6.07) is 26.1. The second-order valence-corrected chi connectivity index (χ2v) is 11.6. The van der Waals surface area contributed by atoms with Crippen molar-refractivity contribution in [1.82, 2.24) is 9.62 Å². The summed E-state index contributed by atoms with van der Waals surface area (Å²) >= 11 is 0. The van der Waals surface area contributed by atoms with Gasteiger partial charge in [0.1, 0.15) is 0 Å². The van der Waals surface area contributed by atoms with Crippen molar-refractivity contribution < 1.29 is 13.2 Å². The molecule has 1 aliphatic heterocycles. The summed E-state index contributed by atoms with van der Waals surface area (Å²) in [5.41, 5.74) is 2.98. The lowest BCUT2D eigenvalue weighted by molar-refractivity contribution is 0.0981. The molecule has 5 rings (SSSR count). The molecule has 1 N–H and O–H groups in total. The molecule has 2 aliphatic rings. The second kappa shape index (κ2) is 10.3. The molecule has 35 heavy (non-hydrogen) atoms. The van der Waals surface area contributed by atoms with Crippen LogP contribution in [0.2, 0.25) is 0 Å². The van der Waals surface area contributed by atoms with E-state index in [9.17, 15) is 13.2 Å². The Labute approximate surface area is 208 Å². The summed E-state index contributed by atoms with van der Waals surface area (Å²) in [5, 5.41) is 0. The van der Waals surface area contributed by atoms with Gasteiger partial charge in [-0.15, -0.1) is 0 Å². The predicted molar refractivity (Wildman–Crippen MR) is 137 cm³/mol. The van der Waals surface area contributed by atoms with Gasteiger partial charge in [0.25, 0.3) is 15.9 Å². The van der Waals surface area contributed by atoms with Crippen LogP contribution in [0.4, 0.5) is 0 Å². The fourth-order valence-corrected chi connectivity index (χ4v) is 6.28. The van der Waals surface area contributed by atoms with Crippen LogP contribution < -0.4 is 4.72 Å². The van der Waals surface area contributed by atoms with Crippen molar-refractivity contribution in [2.24, 2.45) is 11.8 Å². The molecule has 3 aromatic rings. The minimum Gasteiger partial charge on any atom is -0.299 e. The van der Waals surface area contributed by atoms with Crippen LogP contribution >= 0.6 is 0 Å². The van der Waals surface area contributed by atoms with E-state index in [-0.39, 0.29) is 4.90 Å². The van der Waals surface area contributed by atoms with E-state index in [1.54, 1.807) is 30.3 Å². The highest BCUT2D eigenvalue weighted by Gasteiger charge is 2.39. The molecule has 0 bridgehead atoms. The van der Waals surface area contributed by atoms with Crippen molar-refractivity contribution >= 4 is 15.9 Å². The molecule has 0 aromatic heterocycles. The molecule has 6 heteroatoms.